The van der Waals surface area contributed by atoms with Gasteiger partial charge in [-0.15, -0.1) is 0 Å². The molecular weight excluding hydrogens is 729 g/mol. The first-order chi connectivity index (χ1) is 29.1. The van der Waals surface area contributed by atoms with Gasteiger partial charge in [-0.05, 0) is 117 Å². The van der Waals surface area contributed by atoms with E-state index in [1.807, 2.05) is 0 Å². The van der Waals surface area contributed by atoms with E-state index >= 15 is 0 Å². The van der Waals surface area contributed by atoms with Crippen LogP contribution >= 0.6 is 0 Å². The van der Waals surface area contributed by atoms with Crippen LogP contribution in [0.15, 0.2) is 174 Å². The summed E-state index contributed by atoms with van der Waals surface area (Å²) in [7, 11) is 0. The van der Waals surface area contributed by atoms with Crippen molar-refractivity contribution < 1.29 is 4.42 Å². The van der Waals surface area contributed by atoms with E-state index in [-0.39, 0.29) is 16.2 Å². The van der Waals surface area contributed by atoms with E-state index in [1.54, 1.807) is 0 Å². The van der Waals surface area contributed by atoms with E-state index in [2.05, 4.69) is 221 Å². The summed E-state index contributed by atoms with van der Waals surface area (Å²) >= 11 is 0. The van der Waals surface area contributed by atoms with Crippen LogP contribution in [-0.2, 0) is 16.2 Å². The summed E-state index contributed by atoms with van der Waals surface area (Å²) in [6.07, 6.45) is 0. The maximum Gasteiger partial charge on any atom is 0.144 e. The van der Waals surface area contributed by atoms with Crippen LogP contribution in [0.2, 0.25) is 0 Å². The Morgan fingerprint density at radius 3 is 1.60 bits per heavy atom. The molecule has 0 fully saturated rings. The van der Waals surface area contributed by atoms with E-state index in [4.69, 9.17) is 4.42 Å². The molecule has 1 aromatic heterocycles. The monoisotopic (exact) mass is 774 g/mol. The fraction of sp³-hybridized carbons (Fsp3) is 0.158. The highest BCUT2D eigenvalue weighted by molar-refractivity contribution is 6.21. The van der Waals surface area contributed by atoms with Gasteiger partial charge in [-0.25, -0.2) is 0 Å². The molecule has 3 nitrogen and oxygen atoms in total. The highest BCUT2D eigenvalue weighted by Gasteiger charge is 2.49. The molecule has 2 heterocycles. The molecular formula is C57H46N2O. The molecule has 0 amide bonds. The maximum absolute atomic E-state index is 7.07. The van der Waals surface area contributed by atoms with Gasteiger partial charge in [0.15, 0.2) is 0 Å². The van der Waals surface area contributed by atoms with Gasteiger partial charge in [0.25, 0.3) is 0 Å². The third-order valence-electron chi connectivity index (χ3n) is 14.1. The molecule has 2 aliphatic carbocycles. The van der Waals surface area contributed by atoms with Crippen molar-refractivity contribution in [3.63, 3.8) is 0 Å². The molecule has 0 bridgehead atoms. The molecule has 0 spiro atoms. The smallest absolute Gasteiger partial charge is 0.144 e. The molecule has 1 aliphatic heterocycles. The van der Waals surface area contributed by atoms with Crippen molar-refractivity contribution in [3.05, 3.63) is 203 Å². The third-order valence-corrected chi connectivity index (χ3v) is 14.1. The van der Waals surface area contributed by atoms with Crippen LogP contribution in [0.1, 0.15) is 74.9 Å². The minimum absolute atomic E-state index is 0.121. The second-order valence-electron chi connectivity index (χ2n) is 18.5. The molecule has 9 aromatic rings. The molecule has 8 aromatic carbocycles. The summed E-state index contributed by atoms with van der Waals surface area (Å²) in [5.74, 6) is 0. The van der Waals surface area contributed by atoms with Crippen molar-refractivity contribution in [1.82, 2.24) is 0 Å². The Balaban J connectivity index is 1.10. The van der Waals surface area contributed by atoms with Crippen LogP contribution in [0, 0.1) is 0 Å². The lowest BCUT2D eigenvalue weighted by Gasteiger charge is -2.42. The number of para-hydroxylation sites is 5. The van der Waals surface area contributed by atoms with Gasteiger partial charge in [0, 0.05) is 55.3 Å². The van der Waals surface area contributed by atoms with Crippen molar-refractivity contribution in [1.29, 1.82) is 0 Å². The second-order valence-corrected chi connectivity index (χ2v) is 18.5. The molecule has 0 radical (unpaired) electrons. The number of fused-ring (bicyclic) bond motifs is 14. The Hall–Kier alpha value is -6.84. The lowest BCUT2D eigenvalue weighted by atomic mass is 9.72. The van der Waals surface area contributed by atoms with Gasteiger partial charge in [0.05, 0.1) is 11.4 Å². The van der Waals surface area contributed by atoms with Gasteiger partial charge < -0.3 is 14.2 Å². The average molecular weight is 775 g/mol. The van der Waals surface area contributed by atoms with Gasteiger partial charge in [0.1, 0.15) is 11.2 Å². The lowest BCUT2D eigenvalue weighted by Crippen LogP contribution is -2.30. The molecule has 0 saturated carbocycles. The van der Waals surface area contributed by atoms with E-state index < -0.39 is 0 Å². The zero-order chi connectivity index (χ0) is 40.7. The summed E-state index contributed by atoms with van der Waals surface area (Å²) < 4.78 is 7.07. The van der Waals surface area contributed by atoms with Crippen LogP contribution in [-0.4, -0.2) is 0 Å². The number of furan rings is 1. The number of hydrogen-bond acceptors (Lipinski definition) is 3. The van der Waals surface area contributed by atoms with Crippen LogP contribution in [0.4, 0.5) is 34.1 Å². The Kier molecular flexibility index (Phi) is 7.09. The highest BCUT2D eigenvalue weighted by atomic mass is 16.3. The normalized spacial score (nSPS) is 15.9. The molecule has 3 aliphatic rings. The zero-order valence-corrected chi connectivity index (χ0v) is 35.0. The van der Waals surface area contributed by atoms with Crippen molar-refractivity contribution in [2.45, 2.75) is 57.8 Å². The third kappa shape index (κ3) is 4.55. The van der Waals surface area contributed by atoms with Crippen LogP contribution in [0.3, 0.4) is 0 Å². The molecule has 0 saturated heterocycles. The molecule has 0 atom stereocenters. The molecule has 12 rings (SSSR count). The van der Waals surface area contributed by atoms with E-state index in [1.165, 1.54) is 83.5 Å². The Morgan fingerprint density at radius 1 is 0.433 bits per heavy atom. The Morgan fingerprint density at radius 2 is 0.950 bits per heavy atom. The number of rotatable bonds is 4. The predicted octanol–water partition coefficient (Wildman–Crippen LogP) is 15.8. The molecule has 60 heavy (non-hydrogen) atoms. The first kappa shape index (κ1) is 35.1. The van der Waals surface area contributed by atoms with E-state index in [0.717, 1.165) is 28.2 Å². The lowest BCUT2D eigenvalue weighted by molar-refractivity contribution is 0.600. The fourth-order valence-corrected chi connectivity index (χ4v) is 11.4. The van der Waals surface area contributed by atoms with Crippen LogP contribution in [0.5, 0.6) is 0 Å². The van der Waals surface area contributed by atoms with E-state index in [9.17, 15) is 0 Å². The van der Waals surface area contributed by atoms with Gasteiger partial charge >= 0.3 is 0 Å². The van der Waals surface area contributed by atoms with Crippen LogP contribution < -0.4 is 9.80 Å². The first-order valence-electron chi connectivity index (χ1n) is 21.3. The number of nitrogens with zero attached hydrogens (tertiary/aromatic N) is 2. The summed E-state index contributed by atoms with van der Waals surface area (Å²) in [4.78, 5) is 4.87. The number of benzene rings is 8. The van der Waals surface area contributed by atoms with Crippen molar-refractivity contribution in [2.75, 3.05) is 9.80 Å². The summed E-state index contributed by atoms with van der Waals surface area (Å²) in [5.41, 5.74) is 21.5. The molecule has 0 unspecified atom stereocenters. The van der Waals surface area contributed by atoms with Gasteiger partial charge in [-0.3, -0.25) is 0 Å². The standard InChI is InChI=1S/C57H46N2O/c1-55(2)42-24-14-16-26-46(42)59(47-27-17-15-25-43(47)55)38-30-31-39-44(34-38)56(3,4)52-49(39)50-41-23-13-18-28-48(41)60-54(50)51-40-32-29-37(33-45(40)57(5,6)53(51)52)58(35-19-9-7-10-20-35)36-21-11-8-12-22-36/h7-34H,1-6H3. The van der Waals surface area contributed by atoms with E-state index in [0.29, 0.717) is 0 Å². The summed E-state index contributed by atoms with van der Waals surface area (Å²) in [6, 6.07) is 62.3. The first-order valence-corrected chi connectivity index (χ1v) is 21.3. The quantitative estimate of drug-likeness (QED) is 0.178. The SMILES string of the molecule is CC1(C)c2ccccc2N(c2ccc3c(c2)C(C)(C)c2c4c(c5oc6ccccc6c5c2-3)-c2ccc(N(c3ccccc3)c3ccccc3)cc2C4(C)C)c2ccccc21. The number of hydrogen-bond donors (Lipinski definition) is 0. The van der Waals surface area contributed by atoms with Gasteiger partial charge in [0.2, 0.25) is 0 Å². The minimum Gasteiger partial charge on any atom is -0.455 e. The fourth-order valence-electron chi connectivity index (χ4n) is 11.4. The maximum atomic E-state index is 7.07. The van der Waals surface area contributed by atoms with Crippen molar-refractivity contribution in [3.8, 4) is 22.3 Å². The Labute approximate surface area is 352 Å². The van der Waals surface area contributed by atoms with Crippen LogP contribution in [0.25, 0.3) is 44.2 Å². The number of anilines is 6. The average Bonchev–Trinajstić information content (AvgIpc) is 3.84. The second kappa shape index (κ2) is 12.1. The van der Waals surface area contributed by atoms with Crippen molar-refractivity contribution in [2.24, 2.45) is 0 Å². The highest BCUT2D eigenvalue weighted by Crippen LogP contribution is 2.64. The summed E-state index contributed by atoms with van der Waals surface area (Å²) in [6.45, 7) is 14.5. The predicted molar refractivity (Wildman–Crippen MR) is 250 cm³/mol. The Bertz CT molecular complexity index is 3150. The van der Waals surface area contributed by atoms with Crippen molar-refractivity contribution >= 4 is 56.1 Å². The largest absolute Gasteiger partial charge is 0.455 e. The van der Waals surface area contributed by atoms with Gasteiger partial charge in [-0.1, -0.05) is 145 Å². The molecule has 3 heteroatoms. The van der Waals surface area contributed by atoms with Gasteiger partial charge in [-0.2, -0.15) is 0 Å². The minimum atomic E-state index is -0.324. The molecule has 290 valence electrons. The summed E-state index contributed by atoms with van der Waals surface area (Å²) in [5, 5.41) is 2.39. The zero-order valence-electron chi connectivity index (χ0n) is 35.0. The topological polar surface area (TPSA) is 19.6 Å². The molecule has 0 N–H and O–H groups in total.